The molecule has 2 fully saturated rings. The lowest BCUT2D eigenvalue weighted by molar-refractivity contribution is -0.119. The first-order valence-electron chi connectivity index (χ1n) is 9.85. The first kappa shape index (κ1) is 19.0. The second-order valence-electron chi connectivity index (χ2n) is 7.52. The van der Waals surface area contributed by atoms with E-state index in [1.807, 2.05) is 28.8 Å². The zero-order chi connectivity index (χ0) is 19.5. The van der Waals surface area contributed by atoms with E-state index in [1.54, 1.807) is 0 Å². The largest absolute Gasteiger partial charge is 0.353 e. The number of amides is 2. The van der Waals surface area contributed by atoms with Crippen molar-refractivity contribution in [1.29, 1.82) is 0 Å². The van der Waals surface area contributed by atoms with E-state index >= 15 is 0 Å². The van der Waals surface area contributed by atoms with Crippen LogP contribution < -0.4 is 10.6 Å². The molecular weight excluding hydrogens is 374 g/mol. The smallest absolute Gasteiger partial charge is 0.230 e. The van der Waals surface area contributed by atoms with Gasteiger partial charge in [0.25, 0.3) is 0 Å². The molecule has 2 aliphatic carbocycles. The van der Waals surface area contributed by atoms with Crippen LogP contribution in [0.15, 0.2) is 29.4 Å². The van der Waals surface area contributed by atoms with Gasteiger partial charge in [-0.25, -0.2) is 0 Å². The van der Waals surface area contributed by atoms with Gasteiger partial charge < -0.3 is 10.6 Å². The van der Waals surface area contributed by atoms with Gasteiger partial charge in [-0.05, 0) is 43.9 Å². The Labute approximate surface area is 168 Å². The maximum absolute atomic E-state index is 12.3. The average molecular weight is 400 g/mol. The molecule has 4 rings (SSSR count). The van der Waals surface area contributed by atoms with Crippen LogP contribution in [0.5, 0.6) is 0 Å². The highest BCUT2D eigenvalue weighted by molar-refractivity contribution is 7.99. The number of carbonyl (C=O) groups is 2. The number of aromatic nitrogens is 3. The maximum atomic E-state index is 12.3. The molecule has 0 spiro atoms. The summed E-state index contributed by atoms with van der Waals surface area (Å²) >= 11 is 1.41. The first-order chi connectivity index (χ1) is 13.6. The van der Waals surface area contributed by atoms with Gasteiger partial charge in [-0.3, -0.25) is 14.2 Å². The summed E-state index contributed by atoms with van der Waals surface area (Å²) in [5.41, 5.74) is 1.63. The van der Waals surface area contributed by atoms with Gasteiger partial charge in [-0.15, -0.1) is 10.2 Å². The van der Waals surface area contributed by atoms with Crippen molar-refractivity contribution in [3.63, 3.8) is 0 Å². The van der Waals surface area contributed by atoms with Crippen molar-refractivity contribution in [3.8, 4) is 5.69 Å². The third-order valence-electron chi connectivity index (χ3n) is 5.08. The fourth-order valence-electron chi connectivity index (χ4n) is 3.62. The van der Waals surface area contributed by atoms with E-state index in [-0.39, 0.29) is 11.8 Å². The molecule has 2 amide bonds. The number of anilines is 1. The van der Waals surface area contributed by atoms with Crippen molar-refractivity contribution in [1.82, 2.24) is 20.1 Å². The fourth-order valence-corrected chi connectivity index (χ4v) is 4.39. The lowest BCUT2D eigenvalue weighted by atomic mass is 10.2. The van der Waals surface area contributed by atoms with Crippen molar-refractivity contribution in [2.45, 2.75) is 62.6 Å². The molecule has 1 aromatic carbocycles. The predicted molar refractivity (Wildman–Crippen MR) is 109 cm³/mol. The van der Waals surface area contributed by atoms with E-state index < -0.39 is 0 Å². The molecule has 28 heavy (non-hydrogen) atoms. The highest BCUT2D eigenvalue weighted by Gasteiger charge is 2.31. The van der Waals surface area contributed by atoms with Gasteiger partial charge in [0.2, 0.25) is 11.8 Å². The zero-order valence-electron chi connectivity index (χ0n) is 16.0. The molecule has 0 radical (unpaired) electrons. The number of nitrogens with zero attached hydrogens (tertiary/aromatic N) is 3. The Hall–Kier alpha value is -2.35. The molecule has 1 aromatic heterocycles. The zero-order valence-corrected chi connectivity index (χ0v) is 16.8. The second-order valence-corrected chi connectivity index (χ2v) is 8.46. The first-order valence-corrected chi connectivity index (χ1v) is 10.8. The molecule has 8 heteroatoms. The normalized spacial score (nSPS) is 16.9. The van der Waals surface area contributed by atoms with Crippen molar-refractivity contribution in [2.75, 3.05) is 11.1 Å². The van der Waals surface area contributed by atoms with Crippen molar-refractivity contribution in [2.24, 2.45) is 0 Å². The number of nitrogens with one attached hydrogen (secondary N) is 2. The molecule has 0 aliphatic heterocycles. The Morgan fingerprint density at radius 2 is 1.96 bits per heavy atom. The van der Waals surface area contributed by atoms with E-state index in [2.05, 4.69) is 20.8 Å². The number of thioether (sulfide) groups is 1. The third-order valence-corrected chi connectivity index (χ3v) is 6.01. The monoisotopic (exact) mass is 399 g/mol. The van der Waals surface area contributed by atoms with Crippen LogP contribution in [0.1, 0.15) is 57.2 Å². The minimum atomic E-state index is -0.110. The van der Waals surface area contributed by atoms with Gasteiger partial charge >= 0.3 is 0 Å². The summed E-state index contributed by atoms with van der Waals surface area (Å²) in [5.74, 6) is 1.61. The van der Waals surface area contributed by atoms with E-state index in [0.717, 1.165) is 42.9 Å². The summed E-state index contributed by atoms with van der Waals surface area (Å²) in [7, 11) is 0. The topological polar surface area (TPSA) is 88.9 Å². The lowest BCUT2D eigenvalue weighted by Crippen LogP contribution is -2.33. The number of benzene rings is 1. The summed E-state index contributed by atoms with van der Waals surface area (Å²) < 4.78 is 2.02. The quantitative estimate of drug-likeness (QED) is 0.698. The van der Waals surface area contributed by atoms with Gasteiger partial charge in [-0.2, -0.15) is 0 Å². The Bertz CT molecular complexity index is 871. The Kier molecular flexibility index (Phi) is 5.66. The van der Waals surface area contributed by atoms with E-state index in [4.69, 9.17) is 0 Å². The average Bonchev–Trinajstić information content (AvgIpc) is 3.21. The molecule has 2 aromatic rings. The molecule has 0 bridgehead atoms. The van der Waals surface area contributed by atoms with Crippen LogP contribution in [0.2, 0.25) is 0 Å². The fraction of sp³-hybridized carbons (Fsp3) is 0.500. The van der Waals surface area contributed by atoms with Crippen LogP contribution in [0.4, 0.5) is 5.69 Å². The highest BCUT2D eigenvalue weighted by atomic mass is 32.2. The molecule has 148 valence electrons. The minimum absolute atomic E-state index is 0.0476. The summed E-state index contributed by atoms with van der Waals surface area (Å²) in [5, 5.41) is 15.4. The second kappa shape index (κ2) is 8.34. The van der Waals surface area contributed by atoms with Crippen LogP contribution in [-0.2, 0) is 9.59 Å². The van der Waals surface area contributed by atoms with Crippen LogP contribution in [0.25, 0.3) is 5.69 Å². The summed E-state index contributed by atoms with van der Waals surface area (Å²) in [4.78, 5) is 23.7. The predicted octanol–water partition coefficient (Wildman–Crippen LogP) is 3.25. The van der Waals surface area contributed by atoms with E-state index in [1.165, 1.54) is 31.5 Å². The Balaban J connectivity index is 1.52. The van der Waals surface area contributed by atoms with Crippen LogP contribution >= 0.6 is 11.8 Å². The van der Waals surface area contributed by atoms with Gasteiger partial charge in [0.05, 0.1) is 11.4 Å². The number of rotatable bonds is 7. The number of hydrogen-bond acceptors (Lipinski definition) is 5. The number of carbonyl (C=O) groups excluding carboxylic acids is 2. The van der Waals surface area contributed by atoms with Crippen molar-refractivity contribution >= 4 is 29.3 Å². The van der Waals surface area contributed by atoms with Crippen LogP contribution in [-0.4, -0.2) is 38.4 Å². The molecule has 2 aliphatic rings. The lowest BCUT2D eigenvalue weighted by Gasteiger charge is -2.13. The summed E-state index contributed by atoms with van der Waals surface area (Å²) in [6.07, 6.45) is 6.76. The maximum Gasteiger partial charge on any atom is 0.230 e. The van der Waals surface area contributed by atoms with Crippen molar-refractivity contribution < 1.29 is 9.59 Å². The molecule has 0 saturated heterocycles. The molecule has 0 atom stereocenters. The summed E-state index contributed by atoms with van der Waals surface area (Å²) in [6, 6.07) is 7.97. The van der Waals surface area contributed by atoms with Crippen LogP contribution in [0.3, 0.4) is 0 Å². The minimum Gasteiger partial charge on any atom is -0.353 e. The van der Waals surface area contributed by atoms with Gasteiger partial charge in [0.1, 0.15) is 5.82 Å². The van der Waals surface area contributed by atoms with Crippen molar-refractivity contribution in [3.05, 3.63) is 30.1 Å². The van der Waals surface area contributed by atoms with Crippen LogP contribution in [0, 0.1) is 0 Å². The van der Waals surface area contributed by atoms with Gasteiger partial charge in [0.15, 0.2) is 5.16 Å². The highest BCUT2D eigenvalue weighted by Crippen LogP contribution is 2.41. The molecular formula is C20H25N5O2S. The van der Waals surface area contributed by atoms with Gasteiger partial charge in [-0.1, -0.05) is 30.7 Å². The van der Waals surface area contributed by atoms with E-state index in [0.29, 0.717) is 22.9 Å². The standard InChI is InChI=1S/C20H25N5O2S/c1-13(26)21-16-7-4-8-17(11-16)25-19(14-9-10-14)23-24-20(25)28-12-18(27)22-15-5-2-3-6-15/h4,7-8,11,14-15H,2-3,5-6,9-10,12H2,1H3,(H,21,26)(H,22,27). The molecule has 7 nitrogen and oxygen atoms in total. The molecule has 1 heterocycles. The van der Waals surface area contributed by atoms with E-state index in [9.17, 15) is 9.59 Å². The Morgan fingerprint density at radius 3 is 2.68 bits per heavy atom. The molecule has 0 unspecified atom stereocenters. The Morgan fingerprint density at radius 1 is 1.18 bits per heavy atom. The third kappa shape index (κ3) is 4.55. The number of hydrogen-bond donors (Lipinski definition) is 2. The molecule has 2 N–H and O–H groups in total. The SMILES string of the molecule is CC(=O)Nc1cccc(-n2c(SCC(=O)NC3CCCC3)nnc2C2CC2)c1. The van der Waals surface area contributed by atoms with Gasteiger partial charge in [0, 0.05) is 24.6 Å². The summed E-state index contributed by atoms with van der Waals surface area (Å²) in [6.45, 7) is 1.49. The molecule has 2 saturated carbocycles.